The summed E-state index contributed by atoms with van der Waals surface area (Å²) in [5.74, 6) is 1.24. The maximum Gasteiger partial charge on any atom is 0.306 e. The number of aromatic nitrogens is 1. The minimum Gasteiger partial charge on any atom is -0.456 e. The number of anilines is 1. The summed E-state index contributed by atoms with van der Waals surface area (Å²) in [7, 11) is 0. The molecule has 5 nitrogen and oxygen atoms in total. The highest BCUT2D eigenvalue weighted by Crippen LogP contribution is 2.49. The molecule has 0 spiro atoms. The van der Waals surface area contributed by atoms with Crippen LogP contribution in [0.15, 0.2) is 18.3 Å². The first kappa shape index (κ1) is 15.3. The van der Waals surface area contributed by atoms with E-state index in [1.165, 1.54) is 25.5 Å². The van der Waals surface area contributed by atoms with Gasteiger partial charge in [-0.05, 0) is 49.1 Å². The summed E-state index contributed by atoms with van der Waals surface area (Å²) in [6.45, 7) is -0.287. The lowest BCUT2D eigenvalue weighted by Crippen LogP contribution is -2.23. The molecule has 2 aliphatic rings. The molecule has 22 heavy (non-hydrogen) atoms. The van der Waals surface area contributed by atoms with Gasteiger partial charge in [0, 0.05) is 12.6 Å². The van der Waals surface area contributed by atoms with Gasteiger partial charge in [-0.25, -0.2) is 4.98 Å². The Morgan fingerprint density at radius 3 is 2.91 bits per heavy atom. The smallest absolute Gasteiger partial charge is 0.306 e. The lowest BCUT2D eigenvalue weighted by molar-refractivity contribution is -0.148. The first-order valence-corrected chi connectivity index (χ1v) is 8.05. The fraction of sp³-hybridized carbons (Fsp3) is 0.562. The molecule has 3 rings (SSSR count). The molecule has 2 fully saturated rings. The summed E-state index contributed by atoms with van der Waals surface area (Å²) in [5, 5.41) is 2.79. The molecule has 118 valence electrons. The van der Waals surface area contributed by atoms with Gasteiger partial charge in [-0.15, -0.1) is 0 Å². The van der Waals surface area contributed by atoms with Crippen LogP contribution < -0.4 is 5.32 Å². The number of hydrogen-bond acceptors (Lipinski definition) is 4. The molecule has 0 unspecified atom stereocenters. The van der Waals surface area contributed by atoms with Crippen LogP contribution in [0, 0.1) is 17.8 Å². The molecule has 0 aromatic carbocycles. The van der Waals surface area contributed by atoms with E-state index < -0.39 is 5.91 Å². The number of pyridine rings is 1. The molecule has 1 N–H and O–H groups in total. The van der Waals surface area contributed by atoms with Gasteiger partial charge in [-0.1, -0.05) is 18.0 Å². The van der Waals surface area contributed by atoms with Crippen molar-refractivity contribution >= 4 is 29.2 Å². The monoisotopic (exact) mass is 322 g/mol. The van der Waals surface area contributed by atoms with Crippen molar-refractivity contribution in [2.45, 2.75) is 32.1 Å². The van der Waals surface area contributed by atoms with Gasteiger partial charge in [-0.3, -0.25) is 9.59 Å². The zero-order chi connectivity index (χ0) is 15.5. The average molecular weight is 323 g/mol. The van der Waals surface area contributed by atoms with Crippen molar-refractivity contribution in [1.82, 2.24) is 4.98 Å². The number of halogens is 1. The van der Waals surface area contributed by atoms with Crippen LogP contribution in [0.5, 0.6) is 0 Å². The van der Waals surface area contributed by atoms with E-state index in [2.05, 4.69) is 10.3 Å². The third-order valence-corrected chi connectivity index (χ3v) is 5.01. The molecule has 2 aliphatic carbocycles. The Balaban J connectivity index is 1.41. The number of fused-ring (bicyclic) bond motifs is 2. The molecule has 2 saturated carbocycles. The standard InChI is InChI=1S/C16H19ClN2O3/c17-16-13(2-1-5-18-16)19-14(20)9-22-15(21)8-12-7-10-3-4-11(12)6-10/h1-2,5,10-12H,3-4,6-9H2,(H,19,20)/t10-,11+,12-/m0/s1. The number of ether oxygens (including phenoxy) is 1. The van der Waals surface area contributed by atoms with Gasteiger partial charge in [0.25, 0.3) is 5.91 Å². The predicted octanol–water partition coefficient (Wildman–Crippen LogP) is 3.04. The van der Waals surface area contributed by atoms with Crippen LogP contribution in [0.3, 0.4) is 0 Å². The van der Waals surface area contributed by atoms with E-state index in [0.29, 0.717) is 23.9 Å². The quantitative estimate of drug-likeness (QED) is 0.668. The van der Waals surface area contributed by atoms with Crippen molar-refractivity contribution in [2.75, 3.05) is 11.9 Å². The molecular formula is C16H19ClN2O3. The highest BCUT2D eigenvalue weighted by atomic mass is 35.5. The Labute approximate surface area is 134 Å². The van der Waals surface area contributed by atoms with Gasteiger partial charge in [-0.2, -0.15) is 0 Å². The fourth-order valence-electron chi connectivity index (χ4n) is 3.71. The topological polar surface area (TPSA) is 68.3 Å². The molecule has 1 aromatic rings. The Hall–Kier alpha value is -1.62. The summed E-state index contributed by atoms with van der Waals surface area (Å²) < 4.78 is 5.07. The normalized spacial score (nSPS) is 26.0. The van der Waals surface area contributed by atoms with Gasteiger partial charge in [0.1, 0.15) is 0 Å². The van der Waals surface area contributed by atoms with Crippen molar-refractivity contribution in [3.63, 3.8) is 0 Å². The Morgan fingerprint density at radius 1 is 1.36 bits per heavy atom. The molecule has 0 radical (unpaired) electrons. The molecule has 0 saturated heterocycles. The Morgan fingerprint density at radius 2 is 2.23 bits per heavy atom. The largest absolute Gasteiger partial charge is 0.456 e. The van der Waals surface area contributed by atoms with E-state index in [1.54, 1.807) is 12.1 Å². The SMILES string of the molecule is O=C(COC(=O)C[C@@H]1C[C@H]2CC[C@@H]1C2)Nc1cccnc1Cl. The molecule has 0 aliphatic heterocycles. The van der Waals surface area contributed by atoms with Crippen molar-refractivity contribution in [3.05, 3.63) is 23.5 Å². The van der Waals surface area contributed by atoms with Gasteiger partial charge in [0.2, 0.25) is 0 Å². The highest BCUT2D eigenvalue weighted by Gasteiger charge is 2.40. The number of esters is 1. The average Bonchev–Trinajstić information content (AvgIpc) is 3.10. The van der Waals surface area contributed by atoms with E-state index in [1.807, 2.05) is 0 Å². The summed E-state index contributed by atoms with van der Waals surface area (Å²) >= 11 is 5.85. The Kier molecular flexibility index (Phi) is 4.62. The second-order valence-corrected chi connectivity index (χ2v) is 6.55. The van der Waals surface area contributed by atoms with Crippen LogP contribution in [0.1, 0.15) is 32.1 Å². The minimum absolute atomic E-state index is 0.212. The summed E-state index contributed by atoms with van der Waals surface area (Å²) in [6.07, 6.45) is 6.91. The summed E-state index contributed by atoms with van der Waals surface area (Å²) in [5.41, 5.74) is 0.415. The lowest BCUT2D eigenvalue weighted by Gasteiger charge is -2.20. The second-order valence-electron chi connectivity index (χ2n) is 6.19. The van der Waals surface area contributed by atoms with Crippen LogP contribution in [0.2, 0.25) is 5.15 Å². The molecule has 2 bridgehead atoms. The lowest BCUT2D eigenvalue weighted by atomic mass is 9.86. The molecule has 1 heterocycles. The zero-order valence-electron chi connectivity index (χ0n) is 12.3. The van der Waals surface area contributed by atoms with Crippen molar-refractivity contribution in [2.24, 2.45) is 17.8 Å². The van der Waals surface area contributed by atoms with Crippen LogP contribution in [0.4, 0.5) is 5.69 Å². The summed E-state index contributed by atoms with van der Waals surface area (Å²) in [6, 6.07) is 3.31. The van der Waals surface area contributed by atoms with E-state index in [9.17, 15) is 9.59 Å². The number of nitrogens with one attached hydrogen (secondary N) is 1. The van der Waals surface area contributed by atoms with Crippen molar-refractivity contribution in [1.29, 1.82) is 0 Å². The van der Waals surface area contributed by atoms with Crippen molar-refractivity contribution in [3.8, 4) is 0 Å². The van der Waals surface area contributed by atoms with Gasteiger partial charge >= 0.3 is 5.97 Å². The number of amides is 1. The number of rotatable bonds is 5. The Bertz CT molecular complexity index is 578. The number of hydrogen-bond donors (Lipinski definition) is 1. The molecule has 3 atom stereocenters. The van der Waals surface area contributed by atoms with Gasteiger partial charge in [0.15, 0.2) is 11.8 Å². The first-order chi connectivity index (χ1) is 10.6. The molecule has 1 aromatic heterocycles. The molecular weight excluding hydrogens is 304 g/mol. The van der Waals surface area contributed by atoms with Crippen molar-refractivity contribution < 1.29 is 14.3 Å². The van der Waals surface area contributed by atoms with Gasteiger partial charge < -0.3 is 10.1 Å². The van der Waals surface area contributed by atoms with Crippen LogP contribution in [-0.4, -0.2) is 23.5 Å². The maximum absolute atomic E-state index is 11.9. The predicted molar refractivity (Wildman–Crippen MR) is 82.4 cm³/mol. The number of carbonyl (C=O) groups excluding carboxylic acids is 2. The maximum atomic E-state index is 11.9. The van der Waals surface area contributed by atoms with Crippen LogP contribution in [0.25, 0.3) is 0 Å². The zero-order valence-corrected chi connectivity index (χ0v) is 13.0. The molecule has 1 amide bonds. The van der Waals surface area contributed by atoms with E-state index in [4.69, 9.17) is 16.3 Å². The van der Waals surface area contributed by atoms with E-state index >= 15 is 0 Å². The first-order valence-electron chi connectivity index (χ1n) is 7.68. The van der Waals surface area contributed by atoms with E-state index in [-0.39, 0.29) is 17.7 Å². The van der Waals surface area contributed by atoms with Crippen LogP contribution in [-0.2, 0) is 14.3 Å². The minimum atomic E-state index is -0.406. The van der Waals surface area contributed by atoms with E-state index in [0.717, 1.165) is 12.3 Å². The number of nitrogens with zero attached hydrogens (tertiary/aromatic N) is 1. The highest BCUT2D eigenvalue weighted by molar-refractivity contribution is 6.32. The molecule has 6 heteroatoms. The third kappa shape index (κ3) is 3.58. The third-order valence-electron chi connectivity index (χ3n) is 4.71. The number of carbonyl (C=O) groups is 2. The van der Waals surface area contributed by atoms with Gasteiger partial charge in [0.05, 0.1) is 5.69 Å². The fourth-order valence-corrected chi connectivity index (χ4v) is 3.88. The second kappa shape index (κ2) is 6.65. The van der Waals surface area contributed by atoms with Crippen LogP contribution >= 0.6 is 11.6 Å². The summed E-state index contributed by atoms with van der Waals surface area (Å²) in [4.78, 5) is 27.5.